The third kappa shape index (κ3) is 2.68. The molecule has 2 aromatic rings. The second kappa shape index (κ2) is 5.05. The number of methoxy groups -OCH3 is 1. The van der Waals surface area contributed by atoms with Crippen molar-refractivity contribution in [1.29, 1.82) is 0 Å². The van der Waals surface area contributed by atoms with Gasteiger partial charge in [-0.3, -0.25) is 0 Å². The molecule has 1 heterocycles. The van der Waals surface area contributed by atoms with E-state index in [-0.39, 0.29) is 0 Å². The number of thiazole rings is 1. The SMILES string of the molecule is COc1ccccc1N(C)Cc1csc(N)n1. The highest BCUT2D eigenvalue weighted by molar-refractivity contribution is 7.13. The third-order valence-electron chi connectivity index (χ3n) is 2.47. The molecule has 0 bridgehead atoms. The summed E-state index contributed by atoms with van der Waals surface area (Å²) in [4.78, 5) is 6.34. The number of benzene rings is 1. The van der Waals surface area contributed by atoms with Crippen LogP contribution in [0.15, 0.2) is 29.6 Å². The Bertz CT molecular complexity index is 498. The summed E-state index contributed by atoms with van der Waals surface area (Å²) in [5.41, 5.74) is 7.63. The summed E-state index contributed by atoms with van der Waals surface area (Å²) in [5.74, 6) is 0.859. The van der Waals surface area contributed by atoms with Crippen LogP contribution in [0.25, 0.3) is 0 Å². The lowest BCUT2D eigenvalue weighted by atomic mass is 10.2. The molecule has 0 aliphatic heterocycles. The van der Waals surface area contributed by atoms with Crippen LogP contribution in [-0.2, 0) is 6.54 Å². The van der Waals surface area contributed by atoms with E-state index in [1.807, 2.05) is 36.7 Å². The number of hydrogen-bond donors (Lipinski definition) is 1. The van der Waals surface area contributed by atoms with Crippen molar-refractivity contribution in [3.8, 4) is 5.75 Å². The molecule has 0 saturated carbocycles. The van der Waals surface area contributed by atoms with Crippen LogP contribution in [0.4, 0.5) is 10.8 Å². The van der Waals surface area contributed by atoms with Crippen LogP contribution in [0, 0.1) is 0 Å². The van der Waals surface area contributed by atoms with Crippen molar-refractivity contribution in [2.24, 2.45) is 0 Å². The van der Waals surface area contributed by atoms with Crippen molar-refractivity contribution in [3.05, 3.63) is 35.3 Å². The Morgan fingerprint density at radius 1 is 1.41 bits per heavy atom. The van der Waals surface area contributed by atoms with E-state index in [0.717, 1.165) is 17.1 Å². The predicted molar refractivity (Wildman–Crippen MR) is 71.6 cm³/mol. The van der Waals surface area contributed by atoms with E-state index in [9.17, 15) is 0 Å². The van der Waals surface area contributed by atoms with E-state index in [1.165, 1.54) is 11.3 Å². The largest absolute Gasteiger partial charge is 0.495 e. The average molecular weight is 249 g/mol. The number of aromatic nitrogens is 1. The quantitative estimate of drug-likeness (QED) is 0.903. The van der Waals surface area contributed by atoms with E-state index < -0.39 is 0 Å². The van der Waals surface area contributed by atoms with Crippen molar-refractivity contribution < 1.29 is 4.74 Å². The number of anilines is 2. The highest BCUT2D eigenvalue weighted by atomic mass is 32.1. The molecule has 1 aromatic heterocycles. The molecule has 4 nitrogen and oxygen atoms in total. The maximum absolute atomic E-state index is 5.61. The molecule has 2 N–H and O–H groups in total. The lowest BCUT2D eigenvalue weighted by Crippen LogP contribution is -2.17. The van der Waals surface area contributed by atoms with Crippen LogP contribution < -0.4 is 15.4 Å². The summed E-state index contributed by atoms with van der Waals surface area (Å²) in [6, 6.07) is 7.91. The molecule has 0 aliphatic rings. The van der Waals surface area contributed by atoms with Crippen LogP contribution in [0.5, 0.6) is 5.75 Å². The van der Waals surface area contributed by atoms with Crippen LogP contribution >= 0.6 is 11.3 Å². The molecule has 0 spiro atoms. The molecule has 0 unspecified atom stereocenters. The highest BCUT2D eigenvalue weighted by Gasteiger charge is 2.09. The molecule has 0 aliphatic carbocycles. The predicted octanol–water partition coefficient (Wildman–Crippen LogP) is 2.37. The first-order valence-corrected chi connectivity index (χ1v) is 6.12. The Morgan fingerprint density at radius 3 is 2.82 bits per heavy atom. The Morgan fingerprint density at radius 2 is 2.18 bits per heavy atom. The average Bonchev–Trinajstić information content (AvgIpc) is 2.74. The molecule has 0 fully saturated rings. The Labute approximate surface area is 105 Å². The van der Waals surface area contributed by atoms with Gasteiger partial charge in [-0.15, -0.1) is 11.3 Å². The summed E-state index contributed by atoms with van der Waals surface area (Å²) in [6.07, 6.45) is 0. The zero-order valence-corrected chi connectivity index (χ0v) is 10.7. The van der Waals surface area contributed by atoms with Crippen molar-refractivity contribution in [2.75, 3.05) is 24.8 Å². The van der Waals surface area contributed by atoms with Gasteiger partial charge in [0.1, 0.15) is 5.75 Å². The Kier molecular flexibility index (Phi) is 3.49. The second-order valence-corrected chi connectivity index (χ2v) is 4.59. The number of nitrogen functional groups attached to an aromatic ring is 1. The van der Waals surface area contributed by atoms with Crippen molar-refractivity contribution in [2.45, 2.75) is 6.54 Å². The van der Waals surface area contributed by atoms with Gasteiger partial charge in [0, 0.05) is 12.4 Å². The molecular weight excluding hydrogens is 234 g/mol. The van der Waals surface area contributed by atoms with E-state index in [2.05, 4.69) is 9.88 Å². The third-order valence-corrected chi connectivity index (χ3v) is 3.19. The van der Waals surface area contributed by atoms with Gasteiger partial charge in [0.25, 0.3) is 0 Å². The lowest BCUT2D eigenvalue weighted by molar-refractivity contribution is 0.415. The molecular formula is C12H15N3OS. The minimum Gasteiger partial charge on any atom is -0.495 e. The van der Waals surface area contributed by atoms with Gasteiger partial charge in [0.15, 0.2) is 5.13 Å². The van der Waals surface area contributed by atoms with Gasteiger partial charge in [-0.2, -0.15) is 0 Å². The fraction of sp³-hybridized carbons (Fsp3) is 0.250. The normalized spacial score (nSPS) is 10.2. The second-order valence-electron chi connectivity index (χ2n) is 3.70. The number of hydrogen-bond acceptors (Lipinski definition) is 5. The monoisotopic (exact) mass is 249 g/mol. The van der Waals surface area contributed by atoms with E-state index in [0.29, 0.717) is 11.7 Å². The van der Waals surface area contributed by atoms with E-state index in [4.69, 9.17) is 10.5 Å². The molecule has 0 atom stereocenters. The minimum atomic E-state index is 0.605. The lowest BCUT2D eigenvalue weighted by Gasteiger charge is -2.20. The fourth-order valence-electron chi connectivity index (χ4n) is 1.67. The first-order valence-electron chi connectivity index (χ1n) is 5.24. The topological polar surface area (TPSA) is 51.4 Å². The smallest absolute Gasteiger partial charge is 0.180 e. The summed E-state index contributed by atoms with van der Waals surface area (Å²) in [6.45, 7) is 0.716. The summed E-state index contributed by atoms with van der Waals surface area (Å²) < 4.78 is 5.33. The molecule has 2 rings (SSSR count). The maximum atomic E-state index is 5.61. The van der Waals surface area contributed by atoms with Crippen molar-refractivity contribution in [1.82, 2.24) is 4.98 Å². The van der Waals surface area contributed by atoms with Gasteiger partial charge in [0.2, 0.25) is 0 Å². The van der Waals surface area contributed by atoms with Gasteiger partial charge in [-0.05, 0) is 12.1 Å². The molecule has 0 amide bonds. The van der Waals surface area contributed by atoms with Gasteiger partial charge in [0.05, 0.1) is 25.0 Å². The summed E-state index contributed by atoms with van der Waals surface area (Å²) in [7, 11) is 3.68. The zero-order chi connectivity index (χ0) is 12.3. The van der Waals surface area contributed by atoms with Gasteiger partial charge in [-0.1, -0.05) is 12.1 Å². The van der Waals surface area contributed by atoms with Crippen molar-refractivity contribution >= 4 is 22.2 Å². The molecule has 17 heavy (non-hydrogen) atoms. The van der Waals surface area contributed by atoms with E-state index >= 15 is 0 Å². The van der Waals surface area contributed by atoms with Crippen LogP contribution in [0.2, 0.25) is 0 Å². The number of rotatable bonds is 4. The van der Waals surface area contributed by atoms with Gasteiger partial charge in [-0.25, -0.2) is 4.98 Å². The van der Waals surface area contributed by atoms with Crippen molar-refractivity contribution in [3.63, 3.8) is 0 Å². The van der Waals surface area contributed by atoms with Gasteiger partial charge < -0.3 is 15.4 Å². The van der Waals surface area contributed by atoms with Crippen LogP contribution in [-0.4, -0.2) is 19.1 Å². The van der Waals surface area contributed by atoms with E-state index in [1.54, 1.807) is 7.11 Å². The zero-order valence-electron chi connectivity index (χ0n) is 9.88. The summed E-state index contributed by atoms with van der Waals surface area (Å²) in [5, 5.41) is 2.58. The first kappa shape index (κ1) is 11.7. The number of ether oxygens (including phenoxy) is 1. The summed E-state index contributed by atoms with van der Waals surface area (Å²) >= 11 is 1.46. The fourth-order valence-corrected chi connectivity index (χ4v) is 2.22. The number of para-hydroxylation sites is 2. The van der Waals surface area contributed by atoms with Crippen LogP contribution in [0.3, 0.4) is 0 Å². The standard InChI is InChI=1S/C12H15N3OS/c1-15(7-9-8-17-12(13)14-9)10-5-3-4-6-11(10)16-2/h3-6,8H,7H2,1-2H3,(H2,13,14). The minimum absolute atomic E-state index is 0.605. The molecule has 5 heteroatoms. The molecule has 0 radical (unpaired) electrons. The molecule has 90 valence electrons. The molecule has 0 saturated heterocycles. The first-order chi connectivity index (χ1) is 8.20. The highest BCUT2D eigenvalue weighted by Crippen LogP contribution is 2.27. The Balaban J connectivity index is 2.16. The number of nitrogens with two attached hydrogens (primary N) is 1. The van der Waals surface area contributed by atoms with Crippen LogP contribution in [0.1, 0.15) is 5.69 Å². The number of nitrogens with zero attached hydrogens (tertiary/aromatic N) is 2. The Hall–Kier alpha value is -1.75. The van der Waals surface area contributed by atoms with Gasteiger partial charge >= 0.3 is 0 Å². The maximum Gasteiger partial charge on any atom is 0.180 e. The molecule has 1 aromatic carbocycles.